The molecule has 1 N–H and O–H groups in total. The van der Waals surface area contributed by atoms with E-state index in [1.807, 2.05) is 20.8 Å². The third-order valence-corrected chi connectivity index (χ3v) is 2.45. The normalized spacial score (nSPS) is 12.6. The summed E-state index contributed by atoms with van der Waals surface area (Å²) in [5.41, 5.74) is 0. The summed E-state index contributed by atoms with van der Waals surface area (Å²) in [5, 5.41) is 2.94. The van der Waals surface area contributed by atoms with Crippen molar-refractivity contribution < 1.29 is 4.79 Å². The SMILES string of the molecule is CC(C)C(C)C(=O)Nc1cncc(Cl)n1. The Balaban J connectivity index is 2.66. The Morgan fingerprint density at radius 1 is 1.40 bits per heavy atom. The van der Waals surface area contributed by atoms with Gasteiger partial charge in [0, 0.05) is 5.92 Å². The summed E-state index contributed by atoms with van der Waals surface area (Å²) in [7, 11) is 0. The number of nitrogens with one attached hydrogen (secondary N) is 1. The van der Waals surface area contributed by atoms with E-state index in [9.17, 15) is 4.79 Å². The lowest BCUT2D eigenvalue weighted by Gasteiger charge is -2.14. The van der Waals surface area contributed by atoms with Crippen LogP contribution in [0.15, 0.2) is 12.4 Å². The number of carbonyl (C=O) groups is 1. The van der Waals surface area contributed by atoms with Crippen molar-refractivity contribution in [3.8, 4) is 0 Å². The molecule has 0 radical (unpaired) electrons. The molecule has 1 rings (SSSR count). The Hall–Kier alpha value is -1.16. The van der Waals surface area contributed by atoms with Gasteiger partial charge in [-0.15, -0.1) is 0 Å². The molecule has 0 aromatic carbocycles. The van der Waals surface area contributed by atoms with Crippen molar-refractivity contribution in [2.45, 2.75) is 20.8 Å². The summed E-state index contributed by atoms with van der Waals surface area (Å²) in [6.07, 6.45) is 2.89. The van der Waals surface area contributed by atoms with Crippen LogP contribution in [0.3, 0.4) is 0 Å². The van der Waals surface area contributed by atoms with Crippen LogP contribution in [0.2, 0.25) is 5.15 Å². The maximum Gasteiger partial charge on any atom is 0.228 e. The second-order valence-electron chi connectivity index (χ2n) is 3.75. The van der Waals surface area contributed by atoms with Crippen LogP contribution in [0.1, 0.15) is 20.8 Å². The van der Waals surface area contributed by atoms with Gasteiger partial charge in [-0.05, 0) is 5.92 Å². The number of hydrogen-bond acceptors (Lipinski definition) is 3. The van der Waals surface area contributed by atoms with Crippen LogP contribution in [0.25, 0.3) is 0 Å². The summed E-state index contributed by atoms with van der Waals surface area (Å²) in [4.78, 5) is 19.4. The number of anilines is 1. The molecule has 1 atom stereocenters. The van der Waals surface area contributed by atoms with Crippen molar-refractivity contribution in [3.63, 3.8) is 0 Å². The predicted molar refractivity (Wildman–Crippen MR) is 59.7 cm³/mol. The quantitative estimate of drug-likeness (QED) is 0.863. The van der Waals surface area contributed by atoms with Crippen molar-refractivity contribution >= 4 is 23.3 Å². The molecule has 1 aromatic rings. The molecule has 5 heteroatoms. The van der Waals surface area contributed by atoms with Crippen molar-refractivity contribution in [1.29, 1.82) is 0 Å². The van der Waals surface area contributed by atoms with Crippen molar-refractivity contribution in [2.75, 3.05) is 5.32 Å². The molecule has 0 saturated heterocycles. The number of hydrogen-bond donors (Lipinski definition) is 1. The summed E-state index contributed by atoms with van der Waals surface area (Å²) in [6, 6.07) is 0. The first-order valence-electron chi connectivity index (χ1n) is 4.79. The van der Waals surface area contributed by atoms with E-state index in [1.165, 1.54) is 12.4 Å². The number of rotatable bonds is 3. The second kappa shape index (κ2) is 5.07. The Kier molecular flexibility index (Phi) is 4.03. The number of halogens is 1. The zero-order valence-corrected chi connectivity index (χ0v) is 9.75. The van der Waals surface area contributed by atoms with E-state index < -0.39 is 0 Å². The van der Waals surface area contributed by atoms with E-state index in [0.717, 1.165) is 0 Å². The zero-order valence-electron chi connectivity index (χ0n) is 8.99. The second-order valence-corrected chi connectivity index (χ2v) is 4.14. The number of nitrogens with zero attached hydrogens (tertiary/aromatic N) is 2. The monoisotopic (exact) mass is 227 g/mol. The lowest BCUT2D eigenvalue weighted by atomic mass is 9.97. The van der Waals surface area contributed by atoms with Crippen LogP contribution >= 0.6 is 11.6 Å². The molecule has 0 bridgehead atoms. The largest absolute Gasteiger partial charge is 0.309 e. The van der Waals surface area contributed by atoms with Gasteiger partial charge in [-0.1, -0.05) is 32.4 Å². The summed E-state index contributed by atoms with van der Waals surface area (Å²) in [6.45, 7) is 5.86. The van der Waals surface area contributed by atoms with Crippen LogP contribution in [0.4, 0.5) is 5.82 Å². The van der Waals surface area contributed by atoms with E-state index in [0.29, 0.717) is 5.82 Å². The van der Waals surface area contributed by atoms with Crippen LogP contribution < -0.4 is 5.32 Å². The fourth-order valence-corrected chi connectivity index (χ4v) is 1.09. The van der Waals surface area contributed by atoms with Gasteiger partial charge in [-0.2, -0.15) is 0 Å². The molecular formula is C10H14ClN3O. The molecule has 1 heterocycles. The third kappa shape index (κ3) is 3.47. The first-order chi connectivity index (χ1) is 7.00. The topological polar surface area (TPSA) is 54.9 Å². The molecule has 0 spiro atoms. The van der Waals surface area contributed by atoms with Crippen molar-refractivity contribution in [1.82, 2.24) is 9.97 Å². The van der Waals surface area contributed by atoms with Gasteiger partial charge in [0.25, 0.3) is 0 Å². The summed E-state index contributed by atoms with van der Waals surface area (Å²) in [5.74, 6) is 0.546. The third-order valence-electron chi connectivity index (χ3n) is 2.27. The molecule has 15 heavy (non-hydrogen) atoms. The maximum atomic E-state index is 11.6. The maximum absolute atomic E-state index is 11.6. The smallest absolute Gasteiger partial charge is 0.228 e. The molecule has 4 nitrogen and oxygen atoms in total. The minimum absolute atomic E-state index is 0.0641. The number of amides is 1. The van der Waals surface area contributed by atoms with Crippen molar-refractivity contribution in [2.24, 2.45) is 11.8 Å². The van der Waals surface area contributed by atoms with Crippen LogP contribution in [0, 0.1) is 11.8 Å². The molecule has 0 aliphatic carbocycles. The number of aromatic nitrogens is 2. The van der Waals surface area contributed by atoms with Gasteiger partial charge >= 0.3 is 0 Å². The molecule has 0 aliphatic heterocycles. The lowest BCUT2D eigenvalue weighted by Crippen LogP contribution is -2.24. The molecule has 0 aliphatic rings. The molecule has 0 fully saturated rings. The Labute approximate surface area is 94.1 Å². The average molecular weight is 228 g/mol. The highest BCUT2D eigenvalue weighted by atomic mass is 35.5. The minimum Gasteiger partial charge on any atom is -0.309 e. The van der Waals surface area contributed by atoms with Crippen molar-refractivity contribution in [3.05, 3.63) is 17.5 Å². The first kappa shape index (κ1) is 11.9. The highest BCUT2D eigenvalue weighted by Gasteiger charge is 2.16. The van der Waals surface area contributed by atoms with E-state index in [-0.39, 0.29) is 22.9 Å². The molecule has 0 saturated carbocycles. The van der Waals surface area contributed by atoms with Gasteiger partial charge in [-0.25, -0.2) is 4.98 Å². The summed E-state index contributed by atoms with van der Waals surface area (Å²) >= 11 is 5.65. The highest BCUT2D eigenvalue weighted by molar-refractivity contribution is 6.29. The van der Waals surface area contributed by atoms with E-state index >= 15 is 0 Å². The molecular weight excluding hydrogens is 214 g/mol. The van der Waals surface area contributed by atoms with Crippen LogP contribution in [-0.2, 0) is 4.79 Å². The van der Waals surface area contributed by atoms with Gasteiger partial charge in [0.1, 0.15) is 5.15 Å². The van der Waals surface area contributed by atoms with Gasteiger partial charge in [0.2, 0.25) is 5.91 Å². The Morgan fingerprint density at radius 3 is 2.60 bits per heavy atom. The van der Waals surface area contributed by atoms with Crippen LogP contribution in [0.5, 0.6) is 0 Å². The van der Waals surface area contributed by atoms with Gasteiger partial charge < -0.3 is 5.32 Å². The summed E-state index contributed by atoms with van der Waals surface area (Å²) < 4.78 is 0. The fraction of sp³-hybridized carbons (Fsp3) is 0.500. The van der Waals surface area contributed by atoms with E-state index in [1.54, 1.807) is 0 Å². The number of carbonyl (C=O) groups excluding carboxylic acids is 1. The van der Waals surface area contributed by atoms with Gasteiger partial charge in [0.05, 0.1) is 12.4 Å². The highest BCUT2D eigenvalue weighted by Crippen LogP contribution is 2.13. The molecule has 1 aromatic heterocycles. The Bertz CT molecular complexity index is 354. The molecule has 1 amide bonds. The minimum atomic E-state index is -0.0680. The Morgan fingerprint density at radius 2 is 2.07 bits per heavy atom. The lowest BCUT2D eigenvalue weighted by molar-refractivity contribution is -0.120. The van der Waals surface area contributed by atoms with Crippen LogP contribution in [-0.4, -0.2) is 15.9 Å². The zero-order chi connectivity index (χ0) is 11.4. The molecule has 1 unspecified atom stereocenters. The van der Waals surface area contributed by atoms with E-state index in [2.05, 4.69) is 15.3 Å². The first-order valence-corrected chi connectivity index (χ1v) is 5.17. The average Bonchev–Trinajstić information content (AvgIpc) is 2.16. The standard InChI is InChI=1S/C10H14ClN3O/c1-6(2)7(3)10(15)14-9-5-12-4-8(11)13-9/h4-7H,1-3H3,(H,13,14,15). The van der Waals surface area contributed by atoms with Gasteiger partial charge in [0.15, 0.2) is 5.82 Å². The van der Waals surface area contributed by atoms with E-state index in [4.69, 9.17) is 11.6 Å². The van der Waals surface area contributed by atoms with Gasteiger partial charge in [-0.3, -0.25) is 9.78 Å². The predicted octanol–water partition coefficient (Wildman–Crippen LogP) is 2.36. The fourth-order valence-electron chi connectivity index (χ4n) is 0.945. The molecule has 82 valence electrons.